The Labute approximate surface area is 83.7 Å². The Morgan fingerprint density at radius 2 is 1.57 bits per heavy atom. The van der Waals surface area contributed by atoms with E-state index >= 15 is 0 Å². The van der Waals surface area contributed by atoms with Gasteiger partial charge in [-0.05, 0) is 23.1 Å². The molecular weight excluding hydrogens is 180 g/mol. The van der Waals surface area contributed by atoms with Crippen molar-refractivity contribution in [3.05, 3.63) is 35.4 Å². The van der Waals surface area contributed by atoms with Gasteiger partial charge in [-0.3, -0.25) is 0 Å². The van der Waals surface area contributed by atoms with Crippen LogP contribution >= 0.6 is 0 Å². The molecule has 0 spiro atoms. The van der Waals surface area contributed by atoms with Crippen LogP contribution in [0.2, 0.25) is 0 Å². The lowest BCUT2D eigenvalue weighted by molar-refractivity contribution is 0.0697. The van der Waals surface area contributed by atoms with Gasteiger partial charge in [-0.25, -0.2) is 4.79 Å². The predicted octanol–water partition coefficient (Wildman–Crippen LogP) is 1.86. The third-order valence-electron chi connectivity index (χ3n) is 2.00. The lowest BCUT2D eigenvalue weighted by atomic mass is 9.87. The molecule has 0 aliphatic carbocycles. The molecule has 0 saturated heterocycles. The van der Waals surface area contributed by atoms with Gasteiger partial charge in [-0.2, -0.15) is 0 Å². The number of carboxylic acid groups (broad SMARTS) is 1. The summed E-state index contributed by atoms with van der Waals surface area (Å²) in [6, 6.07) is 7.01. The molecule has 78 valence electrons. The van der Waals surface area contributed by atoms with Gasteiger partial charge in [0.2, 0.25) is 0 Å². The van der Waals surface area contributed by atoms with Gasteiger partial charge in [0.25, 0.3) is 0 Å². The molecule has 0 radical (unpaired) electrons. The van der Waals surface area contributed by atoms with Gasteiger partial charge in [0.05, 0.1) is 5.56 Å². The van der Waals surface area contributed by atoms with E-state index in [1.165, 1.54) is 0 Å². The Morgan fingerprint density at radius 3 is 1.86 bits per heavy atom. The fourth-order valence-electron chi connectivity index (χ4n) is 1.11. The van der Waals surface area contributed by atoms with Crippen molar-refractivity contribution in [2.75, 3.05) is 0 Å². The van der Waals surface area contributed by atoms with Crippen molar-refractivity contribution >= 4 is 5.97 Å². The Kier molecular flexibility index (Phi) is 3.83. The standard InChI is InChI=1S/C11H14O2.H2O/c1-11(2,3)9-6-4-8(5-7-9)10(12)13;/h4-7H,1-3H3,(H,12,13);1H2. The molecule has 3 N–H and O–H groups in total. The molecule has 0 amide bonds. The molecule has 3 nitrogen and oxygen atoms in total. The molecular formula is C11H16O3. The van der Waals surface area contributed by atoms with Crippen LogP contribution in [0, 0.1) is 0 Å². The molecule has 0 saturated carbocycles. The van der Waals surface area contributed by atoms with Crippen LogP contribution in [0.5, 0.6) is 0 Å². The van der Waals surface area contributed by atoms with E-state index in [-0.39, 0.29) is 10.9 Å². The minimum absolute atomic E-state index is 0. The van der Waals surface area contributed by atoms with Crippen LogP contribution in [0.1, 0.15) is 36.7 Å². The molecule has 3 heteroatoms. The first-order valence-electron chi connectivity index (χ1n) is 4.25. The zero-order valence-electron chi connectivity index (χ0n) is 8.66. The summed E-state index contributed by atoms with van der Waals surface area (Å²) in [6.45, 7) is 6.30. The monoisotopic (exact) mass is 196 g/mol. The highest BCUT2D eigenvalue weighted by Crippen LogP contribution is 2.21. The number of hydrogen-bond donors (Lipinski definition) is 1. The highest BCUT2D eigenvalue weighted by atomic mass is 16.4. The normalized spacial score (nSPS) is 10.5. The average molecular weight is 196 g/mol. The van der Waals surface area contributed by atoms with Crippen LogP contribution < -0.4 is 0 Å². The summed E-state index contributed by atoms with van der Waals surface area (Å²) in [5, 5.41) is 8.68. The van der Waals surface area contributed by atoms with E-state index in [1.54, 1.807) is 12.1 Å². The Bertz CT molecular complexity index is 306. The largest absolute Gasteiger partial charge is 0.478 e. The van der Waals surface area contributed by atoms with Gasteiger partial charge in [0.1, 0.15) is 0 Å². The number of rotatable bonds is 1. The van der Waals surface area contributed by atoms with Crippen molar-refractivity contribution < 1.29 is 15.4 Å². The summed E-state index contributed by atoms with van der Waals surface area (Å²) in [7, 11) is 0. The smallest absolute Gasteiger partial charge is 0.335 e. The summed E-state index contributed by atoms with van der Waals surface area (Å²) >= 11 is 0. The minimum atomic E-state index is -0.875. The maximum absolute atomic E-state index is 10.6. The Balaban J connectivity index is 0.00000169. The number of benzene rings is 1. The highest BCUT2D eigenvalue weighted by molar-refractivity contribution is 5.87. The Morgan fingerprint density at radius 1 is 1.14 bits per heavy atom. The second-order valence-electron chi connectivity index (χ2n) is 4.13. The van der Waals surface area contributed by atoms with Crippen molar-refractivity contribution in [3.63, 3.8) is 0 Å². The van der Waals surface area contributed by atoms with E-state index in [0.717, 1.165) is 5.56 Å². The quantitative estimate of drug-likeness (QED) is 0.744. The highest BCUT2D eigenvalue weighted by Gasteiger charge is 2.13. The second-order valence-corrected chi connectivity index (χ2v) is 4.13. The molecule has 0 aromatic heterocycles. The van der Waals surface area contributed by atoms with Crippen molar-refractivity contribution in [1.82, 2.24) is 0 Å². The molecule has 1 rings (SSSR count). The fraction of sp³-hybridized carbons (Fsp3) is 0.364. The number of aromatic carboxylic acids is 1. The van der Waals surface area contributed by atoms with Crippen molar-refractivity contribution in [1.29, 1.82) is 0 Å². The summed E-state index contributed by atoms with van der Waals surface area (Å²) in [5.41, 5.74) is 1.57. The van der Waals surface area contributed by atoms with Crippen molar-refractivity contribution in [3.8, 4) is 0 Å². The first-order chi connectivity index (χ1) is 5.91. The summed E-state index contributed by atoms with van der Waals surface area (Å²) in [4.78, 5) is 10.6. The van der Waals surface area contributed by atoms with Crippen molar-refractivity contribution in [2.24, 2.45) is 0 Å². The summed E-state index contributed by atoms with van der Waals surface area (Å²) in [5.74, 6) is -0.875. The third kappa shape index (κ3) is 2.85. The van der Waals surface area contributed by atoms with Crippen LogP contribution in [0.3, 0.4) is 0 Å². The summed E-state index contributed by atoms with van der Waals surface area (Å²) < 4.78 is 0. The molecule has 1 aromatic rings. The first-order valence-corrected chi connectivity index (χ1v) is 4.25. The second kappa shape index (κ2) is 4.24. The molecule has 0 fully saturated rings. The molecule has 14 heavy (non-hydrogen) atoms. The maximum Gasteiger partial charge on any atom is 0.335 e. The zero-order chi connectivity index (χ0) is 10.1. The van der Waals surface area contributed by atoms with E-state index in [2.05, 4.69) is 20.8 Å². The minimum Gasteiger partial charge on any atom is -0.478 e. The van der Waals surface area contributed by atoms with Gasteiger partial charge in [-0.1, -0.05) is 32.9 Å². The van der Waals surface area contributed by atoms with Crippen LogP contribution in [-0.4, -0.2) is 16.6 Å². The number of carbonyl (C=O) groups is 1. The lowest BCUT2D eigenvalue weighted by Crippen LogP contribution is -2.11. The van der Waals surface area contributed by atoms with Crippen LogP contribution in [0.4, 0.5) is 0 Å². The van der Waals surface area contributed by atoms with Gasteiger partial charge in [-0.15, -0.1) is 0 Å². The van der Waals surface area contributed by atoms with Crippen LogP contribution in [-0.2, 0) is 5.41 Å². The molecule has 0 aliphatic heterocycles. The van der Waals surface area contributed by atoms with Gasteiger partial charge >= 0.3 is 5.97 Å². The molecule has 0 unspecified atom stereocenters. The SMILES string of the molecule is CC(C)(C)c1ccc(C(=O)O)cc1.O. The van der Waals surface area contributed by atoms with Crippen LogP contribution in [0.25, 0.3) is 0 Å². The number of carboxylic acids is 1. The predicted molar refractivity (Wildman–Crippen MR) is 55.7 cm³/mol. The van der Waals surface area contributed by atoms with E-state index < -0.39 is 5.97 Å². The van der Waals surface area contributed by atoms with Crippen LogP contribution in [0.15, 0.2) is 24.3 Å². The maximum atomic E-state index is 10.6. The third-order valence-corrected chi connectivity index (χ3v) is 2.00. The topological polar surface area (TPSA) is 68.8 Å². The zero-order valence-corrected chi connectivity index (χ0v) is 8.66. The first kappa shape index (κ1) is 12.7. The van der Waals surface area contributed by atoms with Gasteiger partial charge < -0.3 is 10.6 Å². The summed E-state index contributed by atoms with van der Waals surface area (Å²) in [6.07, 6.45) is 0. The van der Waals surface area contributed by atoms with Gasteiger partial charge in [0.15, 0.2) is 0 Å². The molecule has 0 heterocycles. The fourth-order valence-corrected chi connectivity index (χ4v) is 1.11. The van der Waals surface area contributed by atoms with Crippen molar-refractivity contribution in [2.45, 2.75) is 26.2 Å². The average Bonchev–Trinajstić information content (AvgIpc) is 2.03. The molecule has 0 atom stereocenters. The molecule has 0 aliphatic rings. The molecule has 1 aromatic carbocycles. The van der Waals surface area contributed by atoms with E-state index in [9.17, 15) is 4.79 Å². The van der Waals surface area contributed by atoms with E-state index in [4.69, 9.17) is 5.11 Å². The Hall–Kier alpha value is -1.35. The molecule has 0 bridgehead atoms. The van der Waals surface area contributed by atoms with E-state index in [0.29, 0.717) is 5.56 Å². The number of hydrogen-bond acceptors (Lipinski definition) is 1. The van der Waals surface area contributed by atoms with E-state index in [1.807, 2.05) is 12.1 Å². The van der Waals surface area contributed by atoms with Gasteiger partial charge in [0, 0.05) is 0 Å². The lowest BCUT2D eigenvalue weighted by Gasteiger charge is -2.18.